The summed E-state index contributed by atoms with van der Waals surface area (Å²) in [5.41, 5.74) is -0.604. The van der Waals surface area contributed by atoms with Gasteiger partial charge in [0.1, 0.15) is 5.75 Å². The fourth-order valence-electron chi connectivity index (χ4n) is 2.81. The van der Waals surface area contributed by atoms with Crippen LogP contribution in [0.1, 0.15) is 18.9 Å². The van der Waals surface area contributed by atoms with Gasteiger partial charge >= 0.3 is 11.9 Å². The van der Waals surface area contributed by atoms with Gasteiger partial charge in [0.2, 0.25) is 5.91 Å². The molecule has 1 aromatic rings. The number of esters is 1. The summed E-state index contributed by atoms with van der Waals surface area (Å²) < 4.78 is 37.2. The van der Waals surface area contributed by atoms with Gasteiger partial charge in [0.05, 0.1) is 19.6 Å². The van der Waals surface area contributed by atoms with Gasteiger partial charge in [-0.15, -0.1) is 0 Å². The summed E-state index contributed by atoms with van der Waals surface area (Å²) in [6.07, 6.45) is -0.962. The molecule has 7 heteroatoms. The summed E-state index contributed by atoms with van der Waals surface area (Å²) in [7, 11) is 3.84. The summed E-state index contributed by atoms with van der Waals surface area (Å²) in [4.78, 5) is 25.0. The van der Waals surface area contributed by atoms with Crippen LogP contribution in [-0.4, -0.2) is 39.1 Å². The van der Waals surface area contributed by atoms with Gasteiger partial charge in [-0.1, -0.05) is 0 Å². The van der Waals surface area contributed by atoms with Crippen LogP contribution in [0.4, 0.5) is 14.5 Å². The van der Waals surface area contributed by atoms with Gasteiger partial charge in [0, 0.05) is 19.2 Å². The average molecular weight is 313 g/mol. The van der Waals surface area contributed by atoms with Crippen molar-refractivity contribution < 1.29 is 27.8 Å². The molecule has 0 N–H and O–H groups in total. The third kappa shape index (κ3) is 2.30. The second kappa shape index (κ2) is 5.23. The molecule has 0 radical (unpaired) electrons. The molecule has 1 aliphatic rings. The number of hydrogen-bond acceptors (Lipinski definition) is 4. The second-order valence-electron chi connectivity index (χ2n) is 5.45. The zero-order valence-corrected chi connectivity index (χ0v) is 12.8. The summed E-state index contributed by atoms with van der Waals surface area (Å²) >= 11 is 0. The molecule has 1 amide bonds. The molecule has 0 fully saturated rings. The van der Waals surface area contributed by atoms with E-state index in [0.29, 0.717) is 17.0 Å². The molecular formula is C15H17F2NO4. The van der Waals surface area contributed by atoms with E-state index < -0.39 is 29.6 Å². The predicted octanol–water partition coefficient (Wildman–Crippen LogP) is 2.13. The highest BCUT2D eigenvalue weighted by Crippen LogP contribution is 2.47. The first-order chi connectivity index (χ1) is 10.2. The Morgan fingerprint density at radius 1 is 1.36 bits per heavy atom. The Morgan fingerprint density at radius 2 is 2.00 bits per heavy atom. The number of fused-ring (bicyclic) bond motifs is 1. The molecule has 2 rings (SSSR count). The van der Waals surface area contributed by atoms with Gasteiger partial charge in [-0.25, -0.2) is 4.79 Å². The largest absolute Gasteiger partial charge is 0.497 e. The van der Waals surface area contributed by atoms with E-state index in [-0.39, 0.29) is 0 Å². The fraction of sp³-hybridized carbons (Fsp3) is 0.467. The van der Waals surface area contributed by atoms with Crippen LogP contribution >= 0.6 is 0 Å². The minimum absolute atomic E-state index is 0.405. The van der Waals surface area contributed by atoms with Crippen LogP contribution in [0.25, 0.3) is 0 Å². The van der Waals surface area contributed by atoms with E-state index in [0.717, 1.165) is 7.11 Å². The highest BCUT2D eigenvalue weighted by atomic mass is 19.3. The number of hydrogen-bond donors (Lipinski definition) is 0. The molecule has 5 nitrogen and oxygen atoms in total. The minimum Gasteiger partial charge on any atom is -0.497 e. The molecule has 0 spiro atoms. The molecule has 1 heterocycles. The van der Waals surface area contributed by atoms with E-state index in [1.165, 1.54) is 26.0 Å². The smallest absolute Gasteiger partial charge is 0.376 e. The molecule has 1 aliphatic heterocycles. The lowest BCUT2D eigenvalue weighted by Gasteiger charge is -2.27. The third-order valence-electron chi connectivity index (χ3n) is 4.00. The van der Waals surface area contributed by atoms with Gasteiger partial charge in [0.25, 0.3) is 0 Å². The van der Waals surface area contributed by atoms with Crippen molar-refractivity contribution in [3.05, 3.63) is 23.8 Å². The molecular weight excluding hydrogens is 296 g/mol. The van der Waals surface area contributed by atoms with E-state index in [9.17, 15) is 18.4 Å². The lowest BCUT2D eigenvalue weighted by atomic mass is 9.78. The number of alkyl halides is 2. The number of carbonyl (C=O) groups is 2. The van der Waals surface area contributed by atoms with Gasteiger partial charge in [-0.2, -0.15) is 8.78 Å². The standard InChI is InChI=1S/C15H17F2NO4/c1-14(8-15(16,17)13(20)22-4)10-7-9(21-3)5-6-11(10)18(2)12(14)19/h5-7H,8H2,1-4H3. The first kappa shape index (κ1) is 16.2. The Labute approximate surface area is 126 Å². The van der Waals surface area contributed by atoms with Crippen LogP contribution < -0.4 is 9.64 Å². The molecule has 120 valence electrons. The number of amides is 1. The van der Waals surface area contributed by atoms with E-state index in [2.05, 4.69) is 4.74 Å². The van der Waals surface area contributed by atoms with Crippen molar-refractivity contribution in [2.24, 2.45) is 0 Å². The number of likely N-dealkylation sites (N-methyl/N-ethyl adjacent to an activating group) is 1. The maximum atomic E-state index is 14.0. The normalized spacial score (nSPS) is 20.8. The number of rotatable bonds is 4. The zero-order valence-electron chi connectivity index (χ0n) is 12.8. The monoisotopic (exact) mass is 313 g/mol. The molecule has 1 atom stereocenters. The summed E-state index contributed by atoms with van der Waals surface area (Å²) in [5, 5.41) is 0. The summed E-state index contributed by atoms with van der Waals surface area (Å²) in [5.74, 6) is -5.46. The Hall–Kier alpha value is -2.18. The van der Waals surface area contributed by atoms with Crippen molar-refractivity contribution in [3.63, 3.8) is 0 Å². The van der Waals surface area contributed by atoms with Gasteiger partial charge in [-0.3, -0.25) is 4.79 Å². The van der Waals surface area contributed by atoms with Crippen LogP contribution in [0.3, 0.4) is 0 Å². The van der Waals surface area contributed by atoms with Crippen molar-refractivity contribution in [1.82, 2.24) is 0 Å². The first-order valence-corrected chi connectivity index (χ1v) is 6.60. The number of halogens is 2. The van der Waals surface area contributed by atoms with Crippen LogP contribution in [0.5, 0.6) is 5.75 Å². The number of anilines is 1. The Kier molecular flexibility index (Phi) is 3.85. The van der Waals surface area contributed by atoms with Crippen molar-refractivity contribution >= 4 is 17.6 Å². The van der Waals surface area contributed by atoms with Crippen molar-refractivity contribution in [2.75, 3.05) is 26.2 Å². The van der Waals surface area contributed by atoms with Crippen LogP contribution in [0.15, 0.2) is 18.2 Å². The van der Waals surface area contributed by atoms with Gasteiger partial charge < -0.3 is 14.4 Å². The van der Waals surface area contributed by atoms with Crippen LogP contribution in [0, 0.1) is 0 Å². The van der Waals surface area contributed by atoms with Gasteiger partial charge in [0.15, 0.2) is 0 Å². The Morgan fingerprint density at radius 3 is 2.55 bits per heavy atom. The molecule has 0 bridgehead atoms. The second-order valence-corrected chi connectivity index (χ2v) is 5.45. The average Bonchev–Trinajstić information content (AvgIpc) is 2.67. The maximum Gasteiger partial charge on any atom is 0.376 e. The van der Waals surface area contributed by atoms with E-state index >= 15 is 0 Å². The SMILES string of the molecule is COC(=O)C(F)(F)CC1(C)C(=O)N(C)c2ccc(OC)cc21. The first-order valence-electron chi connectivity index (χ1n) is 6.60. The van der Waals surface area contributed by atoms with Crippen molar-refractivity contribution in [2.45, 2.75) is 24.7 Å². The number of ether oxygens (including phenoxy) is 2. The Balaban J connectivity index is 2.51. The molecule has 0 saturated carbocycles. The molecule has 22 heavy (non-hydrogen) atoms. The highest BCUT2D eigenvalue weighted by Gasteiger charge is 2.55. The molecule has 0 saturated heterocycles. The lowest BCUT2D eigenvalue weighted by Crippen LogP contribution is -2.44. The molecule has 0 aromatic heterocycles. The van der Waals surface area contributed by atoms with Crippen LogP contribution in [-0.2, 0) is 19.7 Å². The number of carbonyl (C=O) groups excluding carboxylic acids is 2. The number of methoxy groups -OCH3 is 2. The van der Waals surface area contributed by atoms with E-state index in [4.69, 9.17) is 4.74 Å². The maximum absolute atomic E-state index is 14.0. The molecule has 0 aliphatic carbocycles. The molecule has 1 aromatic carbocycles. The van der Waals surface area contributed by atoms with E-state index in [1.54, 1.807) is 18.2 Å². The van der Waals surface area contributed by atoms with Gasteiger partial charge in [-0.05, 0) is 30.7 Å². The molecule has 1 unspecified atom stereocenters. The quantitative estimate of drug-likeness (QED) is 0.799. The lowest BCUT2D eigenvalue weighted by molar-refractivity contribution is -0.172. The topological polar surface area (TPSA) is 55.8 Å². The number of benzene rings is 1. The summed E-state index contributed by atoms with van der Waals surface area (Å²) in [6.45, 7) is 1.40. The third-order valence-corrected chi connectivity index (χ3v) is 4.00. The zero-order chi connectivity index (χ0) is 16.7. The number of nitrogens with zero attached hydrogens (tertiary/aromatic N) is 1. The summed E-state index contributed by atoms with van der Waals surface area (Å²) in [6, 6.07) is 4.82. The fourth-order valence-corrected chi connectivity index (χ4v) is 2.81. The minimum atomic E-state index is -3.76. The van der Waals surface area contributed by atoms with E-state index in [1.807, 2.05) is 0 Å². The Bertz CT molecular complexity index is 632. The van der Waals surface area contributed by atoms with Crippen molar-refractivity contribution in [3.8, 4) is 5.75 Å². The van der Waals surface area contributed by atoms with Crippen LogP contribution in [0.2, 0.25) is 0 Å². The predicted molar refractivity (Wildman–Crippen MR) is 75.3 cm³/mol. The van der Waals surface area contributed by atoms with Crippen molar-refractivity contribution in [1.29, 1.82) is 0 Å². The highest BCUT2D eigenvalue weighted by molar-refractivity contribution is 6.08.